The maximum Gasteiger partial charge on any atom is 0.419 e. The number of amides is 1. The van der Waals surface area contributed by atoms with Crippen LogP contribution in [-0.2, 0) is 21.0 Å². The second-order valence-electron chi connectivity index (χ2n) is 6.23. The van der Waals surface area contributed by atoms with Crippen LogP contribution in [0.15, 0.2) is 47.4 Å². The Labute approximate surface area is 171 Å². The van der Waals surface area contributed by atoms with E-state index in [0.717, 1.165) is 10.4 Å². The summed E-state index contributed by atoms with van der Waals surface area (Å²) in [5.41, 5.74) is -1.39. The molecule has 0 fully saturated rings. The molecule has 0 saturated heterocycles. The van der Waals surface area contributed by atoms with E-state index in [9.17, 15) is 30.8 Å². The van der Waals surface area contributed by atoms with Gasteiger partial charge in [0.1, 0.15) is 11.6 Å². The third kappa shape index (κ3) is 5.48. The molecule has 1 N–H and O–H groups in total. The van der Waals surface area contributed by atoms with Crippen LogP contribution in [0.5, 0.6) is 5.75 Å². The van der Waals surface area contributed by atoms with E-state index >= 15 is 0 Å². The van der Waals surface area contributed by atoms with Crippen molar-refractivity contribution in [1.82, 2.24) is 4.31 Å². The van der Waals surface area contributed by atoms with E-state index in [0.29, 0.717) is 23.9 Å². The van der Waals surface area contributed by atoms with Crippen molar-refractivity contribution in [3.63, 3.8) is 0 Å². The van der Waals surface area contributed by atoms with Gasteiger partial charge in [0, 0.05) is 6.54 Å². The predicted molar refractivity (Wildman–Crippen MR) is 102 cm³/mol. The van der Waals surface area contributed by atoms with Gasteiger partial charge in [0.25, 0.3) is 0 Å². The average Bonchev–Trinajstić information content (AvgIpc) is 2.67. The quantitative estimate of drug-likeness (QED) is 0.622. The summed E-state index contributed by atoms with van der Waals surface area (Å²) in [6.07, 6.45) is -4.76. The number of carbonyl (C=O) groups is 1. The molecular formula is C19H20F4N2O4S. The van der Waals surface area contributed by atoms with E-state index in [4.69, 9.17) is 4.74 Å². The zero-order valence-electron chi connectivity index (χ0n) is 16.2. The lowest BCUT2D eigenvalue weighted by atomic mass is 10.2. The van der Waals surface area contributed by atoms with E-state index in [2.05, 4.69) is 5.32 Å². The zero-order valence-corrected chi connectivity index (χ0v) is 17.0. The molecule has 0 aromatic heterocycles. The molecule has 6 nitrogen and oxygen atoms in total. The number of hydrogen-bond donors (Lipinski definition) is 1. The lowest BCUT2D eigenvalue weighted by Crippen LogP contribution is -2.38. The molecule has 2 aromatic carbocycles. The number of ether oxygens (including phenoxy) is 1. The molecule has 0 heterocycles. The average molecular weight is 448 g/mol. The van der Waals surface area contributed by atoms with Crippen LogP contribution in [0.1, 0.15) is 18.9 Å². The van der Waals surface area contributed by atoms with Gasteiger partial charge in [0.15, 0.2) is 0 Å². The van der Waals surface area contributed by atoms with Crippen molar-refractivity contribution in [1.29, 1.82) is 0 Å². The molecule has 30 heavy (non-hydrogen) atoms. The molecule has 164 valence electrons. The molecule has 0 saturated carbocycles. The molecule has 0 aliphatic carbocycles. The van der Waals surface area contributed by atoms with Gasteiger partial charge in [-0.3, -0.25) is 4.79 Å². The van der Waals surface area contributed by atoms with Gasteiger partial charge >= 0.3 is 6.18 Å². The Bertz CT molecular complexity index is 1010. The lowest BCUT2D eigenvalue weighted by molar-refractivity contribution is -0.140. The van der Waals surface area contributed by atoms with Gasteiger partial charge in [0.2, 0.25) is 15.9 Å². The van der Waals surface area contributed by atoms with Crippen molar-refractivity contribution >= 4 is 21.6 Å². The van der Waals surface area contributed by atoms with E-state index in [-0.39, 0.29) is 12.6 Å². The highest BCUT2D eigenvalue weighted by Gasteiger charge is 2.36. The summed E-state index contributed by atoms with van der Waals surface area (Å²) in [6.45, 7) is 0.875. The minimum Gasteiger partial charge on any atom is -0.495 e. The van der Waals surface area contributed by atoms with Crippen LogP contribution < -0.4 is 10.1 Å². The van der Waals surface area contributed by atoms with Crippen LogP contribution in [0.2, 0.25) is 0 Å². The maximum absolute atomic E-state index is 13.5. The number of hydrogen-bond acceptors (Lipinski definition) is 4. The highest BCUT2D eigenvalue weighted by atomic mass is 32.2. The summed E-state index contributed by atoms with van der Waals surface area (Å²) in [6, 6.07) is 7.85. The van der Waals surface area contributed by atoms with E-state index in [1.165, 1.54) is 7.11 Å². The molecule has 1 amide bonds. The zero-order chi connectivity index (χ0) is 22.5. The first-order valence-electron chi connectivity index (χ1n) is 8.80. The smallest absolute Gasteiger partial charge is 0.419 e. The third-order valence-corrected chi connectivity index (χ3v) is 5.90. The Morgan fingerprint density at radius 2 is 1.83 bits per heavy atom. The predicted octanol–water partition coefficient (Wildman–Crippen LogP) is 3.89. The molecule has 11 heteroatoms. The number of benzene rings is 2. The third-order valence-electron chi connectivity index (χ3n) is 4.06. The highest BCUT2D eigenvalue weighted by Crippen LogP contribution is 2.33. The number of halogens is 4. The topological polar surface area (TPSA) is 75.7 Å². The Balaban J connectivity index is 2.31. The largest absolute Gasteiger partial charge is 0.495 e. The molecule has 2 aromatic rings. The first kappa shape index (κ1) is 23.6. The minimum atomic E-state index is -5.06. The van der Waals surface area contributed by atoms with Crippen LogP contribution >= 0.6 is 0 Å². The van der Waals surface area contributed by atoms with Gasteiger partial charge < -0.3 is 10.1 Å². The number of para-hydroxylation sites is 2. The summed E-state index contributed by atoms with van der Waals surface area (Å²) in [7, 11) is -3.10. The second-order valence-corrected chi connectivity index (χ2v) is 8.16. The Morgan fingerprint density at radius 3 is 2.43 bits per heavy atom. The standard InChI is InChI=1S/C19H20F4N2O4S/c1-3-10-25(12-18(26)24-16-6-4-5-7-17(16)29-2)30(27,28)13-8-9-15(20)14(11-13)19(21,22)23/h4-9,11H,3,10,12H2,1-2H3,(H,24,26). The van der Waals surface area contributed by atoms with Crippen molar-refractivity contribution in [3.05, 3.63) is 53.8 Å². The fourth-order valence-corrected chi connectivity index (χ4v) is 4.18. The fraction of sp³-hybridized carbons (Fsp3) is 0.316. The summed E-state index contributed by atoms with van der Waals surface area (Å²) >= 11 is 0. The lowest BCUT2D eigenvalue weighted by Gasteiger charge is -2.22. The van der Waals surface area contributed by atoms with Crippen LogP contribution in [0, 0.1) is 5.82 Å². The summed E-state index contributed by atoms with van der Waals surface area (Å²) < 4.78 is 84.0. The number of alkyl halides is 3. The van der Waals surface area contributed by atoms with Crippen LogP contribution in [0.3, 0.4) is 0 Å². The monoisotopic (exact) mass is 448 g/mol. The number of carbonyl (C=O) groups excluding carboxylic acids is 1. The molecule has 0 bridgehead atoms. The number of nitrogens with zero attached hydrogens (tertiary/aromatic N) is 1. The summed E-state index contributed by atoms with van der Waals surface area (Å²) in [5, 5.41) is 2.51. The second kappa shape index (κ2) is 9.43. The van der Waals surface area contributed by atoms with E-state index in [1.807, 2.05) is 0 Å². The van der Waals surface area contributed by atoms with Crippen molar-refractivity contribution in [3.8, 4) is 5.75 Å². The molecule has 0 aliphatic rings. The Morgan fingerprint density at radius 1 is 1.17 bits per heavy atom. The van der Waals surface area contributed by atoms with Crippen LogP contribution in [0.25, 0.3) is 0 Å². The first-order chi connectivity index (χ1) is 14.0. The van der Waals surface area contributed by atoms with E-state index < -0.39 is 44.9 Å². The normalized spacial score (nSPS) is 12.1. The molecular weight excluding hydrogens is 428 g/mol. The fourth-order valence-electron chi connectivity index (χ4n) is 2.66. The Kier molecular flexibility index (Phi) is 7.43. The number of sulfonamides is 1. The van der Waals surface area contributed by atoms with Crippen LogP contribution in [0.4, 0.5) is 23.2 Å². The van der Waals surface area contributed by atoms with Gasteiger partial charge in [-0.1, -0.05) is 19.1 Å². The molecule has 2 rings (SSSR count). The highest BCUT2D eigenvalue weighted by molar-refractivity contribution is 7.89. The summed E-state index contributed by atoms with van der Waals surface area (Å²) in [4.78, 5) is 11.7. The molecule has 0 unspecified atom stereocenters. The number of rotatable bonds is 8. The van der Waals surface area contributed by atoms with Gasteiger partial charge in [-0.25, -0.2) is 12.8 Å². The Hall–Kier alpha value is -2.66. The van der Waals surface area contributed by atoms with Gasteiger partial charge in [-0.05, 0) is 36.8 Å². The number of methoxy groups -OCH3 is 1. The molecule has 0 atom stereocenters. The number of nitrogens with one attached hydrogen (secondary N) is 1. The number of anilines is 1. The molecule has 0 aliphatic heterocycles. The van der Waals surface area contributed by atoms with Gasteiger partial charge in [-0.2, -0.15) is 17.5 Å². The maximum atomic E-state index is 13.5. The van der Waals surface area contributed by atoms with Crippen molar-refractivity contribution in [2.45, 2.75) is 24.4 Å². The summed E-state index contributed by atoms with van der Waals surface area (Å²) in [5.74, 6) is -1.95. The SMILES string of the molecule is CCCN(CC(=O)Nc1ccccc1OC)S(=O)(=O)c1ccc(F)c(C(F)(F)F)c1. The van der Waals surface area contributed by atoms with E-state index in [1.54, 1.807) is 31.2 Å². The molecule has 0 radical (unpaired) electrons. The van der Waals surface area contributed by atoms with Gasteiger partial charge in [-0.15, -0.1) is 0 Å². The molecule has 0 spiro atoms. The van der Waals surface area contributed by atoms with Crippen LogP contribution in [-0.4, -0.2) is 38.8 Å². The first-order valence-corrected chi connectivity index (χ1v) is 10.2. The van der Waals surface area contributed by atoms with Crippen molar-refractivity contribution < 1.29 is 35.5 Å². The van der Waals surface area contributed by atoms with Crippen molar-refractivity contribution in [2.75, 3.05) is 25.5 Å². The minimum absolute atomic E-state index is 0.125. The van der Waals surface area contributed by atoms with Gasteiger partial charge in [0.05, 0.1) is 29.8 Å². The van der Waals surface area contributed by atoms with Crippen molar-refractivity contribution in [2.24, 2.45) is 0 Å².